The largest absolute Gasteiger partial charge is 0.339 e. The first-order valence-corrected chi connectivity index (χ1v) is 5.41. The molecule has 2 heterocycles. The number of carbonyl (C=O) groups excluding carboxylic acids is 1. The highest BCUT2D eigenvalue weighted by Gasteiger charge is 2.31. The summed E-state index contributed by atoms with van der Waals surface area (Å²) in [6.07, 6.45) is 1.74. The van der Waals surface area contributed by atoms with Gasteiger partial charge in [0.05, 0.1) is 12.5 Å². The monoisotopic (exact) mass is 200 g/mol. The van der Waals surface area contributed by atoms with Crippen LogP contribution in [0.2, 0.25) is 0 Å². The number of likely N-dealkylation sites (tertiary alicyclic amines) is 1. The van der Waals surface area contributed by atoms with Crippen LogP contribution in [0.5, 0.6) is 0 Å². The van der Waals surface area contributed by atoms with Crippen molar-refractivity contribution in [1.82, 2.24) is 10.2 Å². The Morgan fingerprint density at radius 3 is 2.86 bits per heavy atom. The molecule has 0 aromatic carbocycles. The van der Waals surface area contributed by atoms with E-state index in [2.05, 4.69) is 5.32 Å². The van der Waals surface area contributed by atoms with E-state index in [-0.39, 0.29) is 11.8 Å². The molecule has 1 N–H and O–H groups in total. The van der Waals surface area contributed by atoms with Crippen molar-refractivity contribution in [1.29, 1.82) is 0 Å². The number of halogens is 1. The Bertz CT molecular complexity index is 209. The summed E-state index contributed by atoms with van der Waals surface area (Å²) in [6, 6.07) is 0. The molecule has 2 aliphatic rings. The molecule has 0 saturated carbocycles. The number of nitrogens with zero attached hydrogens (tertiary/aromatic N) is 1. The van der Waals surface area contributed by atoms with Crippen LogP contribution in [-0.4, -0.2) is 43.2 Å². The van der Waals surface area contributed by atoms with E-state index in [4.69, 9.17) is 0 Å². The molecule has 14 heavy (non-hydrogen) atoms. The van der Waals surface area contributed by atoms with Crippen LogP contribution in [0.15, 0.2) is 0 Å². The lowest BCUT2D eigenvalue weighted by Crippen LogP contribution is -2.42. The van der Waals surface area contributed by atoms with Crippen molar-refractivity contribution in [2.24, 2.45) is 5.92 Å². The van der Waals surface area contributed by atoms with Crippen molar-refractivity contribution < 1.29 is 9.18 Å². The summed E-state index contributed by atoms with van der Waals surface area (Å²) < 4.78 is 12.9. The number of hydrogen-bond donors (Lipinski definition) is 1. The van der Waals surface area contributed by atoms with E-state index in [1.165, 1.54) is 0 Å². The summed E-state index contributed by atoms with van der Waals surface area (Å²) in [7, 11) is 0. The smallest absolute Gasteiger partial charge is 0.227 e. The van der Waals surface area contributed by atoms with Crippen LogP contribution < -0.4 is 5.32 Å². The van der Waals surface area contributed by atoms with E-state index in [0.29, 0.717) is 19.5 Å². The van der Waals surface area contributed by atoms with Crippen LogP contribution >= 0.6 is 0 Å². The van der Waals surface area contributed by atoms with Crippen molar-refractivity contribution in [3.8, 4) is 0 Å². The number of carbonyl (C=O) groups is 1. The first-order chi connectivity index (χ1) is 6.77. The molecule has 1 amide bonds. The second kappa shape index (κ2) is 4.26. The Hall–Kier alpha value is -0.640. The lowest BCUT2D eigenvalue weighted by molar-refractivity contribution is -0.135. The van der Waals surface area contributed by atoms with Gasteiger partial charge in [0, 0.05) is 13.1 Å². The van der Waals surface area contributed by atoms with Gasteiger partial charge in [0.15, 0.2) is 0 Å². The molecule has 2 aliphatic heterocycles. The number of rotatable bonds is 1. The van der Waals surface area contributed by atoms with E-state index in [1.807, 2.05) is 0 Å². The minimum atomic E-state index is -0.796. The van der Waals surface area contributed by atoms with Gasteiger partial charge in [-0.25, -0.2) is 4.39 Å². The third-order valence-electron chi connectivity index (χ3n) is 3.09. The third-order valence-corrected chi connectivity index (χ3v) is 3.09. The predicted octanol–water partition coefficient (Wildman–Crippen LogP) is 0.556. The SMILES string of the molecule is O=C([C@H]1CCCNC1)N1CCC(F)C1. The first-order valence-electron chi connectivity index (χ1n) is 5.41. The summed E-state index contributed by atoms with van der Waals surface area (Å²) in [5.41, 5.74) is 0. The van der Waals surface area contributed by atoms with Crippen molar-refractivity contribution in [3.63, 3.8) is 0 Å². The van der Waals surface area contributed by atoms with Gasteiger partial charge in [-0.1, -0.05) is 0 Å². The highest BCUT2D eigenvalue weighted by Crippen LogP contribution is 2.18. The van der Waals surface area contributed by atoms with Gasteiger partial charge in [-0.05, 0) is 25.8 Å². The van der Waals surface area contributed by atoms with Crippen molar-refractivity contribution in [2.75, 3.05) is 26.2 Å². The number of amides is 1. The van der Waals surface area contributed by atoms with Crippen LogP contribution in [0.25, 0.3) is 0 Å². The molecule has 2 saturated heterocycles. The van der Waals surface area contributed by atoms with Crippen molar-refractivity contribution >= 4 is 5.91 Å². The van der Waals surface area contributed by atoms with Crippen LogP contribution in [0.1, 0.15) is 19.3 Å². The van der Waals surface area contributed by atoms with Crippen LogP contribution in [0.4, 0.5) is 4.39 Å². The molecule has 0 aromatic heterocycles. The molecule has 4 heteroatoms. The highest BCUT2D eigenvalue weighted by atomic mass is 19.1. The summed E-state index contributed by atoms with van der Waals surface area (Å²) in [5, 5.41) is 3.21. The molecule has 0 radical (unpaired) electrons. The Labute approximate surface area is 83.6 Å². The molecular weight excluding hydrogens is 183 g/mol. The summed E-state index contributed by atoms with van der Waals surface area (Å²) in [4.78, 5) is 13.5. The Kier molecular flexibility index (Phi) is 3.01. The molecule has 2 fully saturated rings. The molecule has 80 valence electrons. The summed E-state index contributed by atoms with van der Waals surface area (Å²) in [6.45, 7) is 2.70. The summed E-state index contributed by atoms with van der Waals surface area (Å²) in [5.74, 6) is 0.242. The van der Waals surface area contributed by atoms with Gasteiger partial charge in [-0.3, -0.25) is 4.79 Å². The first kappa shape index (κ1) is 9.90. The Balaban J connectivity index is 1.87. The highest BCUT2D eigenvalue weighted by molar-refractivity contribution is 5.79. The minimum Gasteiger partial charge on any atom is -0.339 e. The maximum atomic E-state index is 12.9. The zero-order valence-corrected chi connectivity index (χ0v) is 8.34. The topological polar surface area (TPSA) is 32.3 Å². The predicted molar refractivity (Wildman–Crippen MR) is 51.7 cm³/mol. The number of piperidine rings is 1. The lowest BCUT2D eigenvalue weighted by atomic mass is 9.98. The lowest BCUT2D eigenvalue weighted by Gasteiger charge is -2.26. The van der Waals surface area contributed by atoms with Gasteiger partial charge < -0.3 is 10.2 Å². The molecule has 0 spiro atoms. The normalized spacial score (nSPS) is 33.4. The van der Waals surface area contributed by atoms with Gasteiger partial charge in [-0.2, -0.15) is 0 Å². The van der Waals surface area contributed by atoms with Gasteiger partial charge >= 0.3 is 0 Å². The average Bonchev–Trinajstić information content (AvgIpc) is 2.65. The van der Waals surface area contributed by atoms with Crippen LogP contribution in [0.3, 0.4) is 0 Å². The third kappa shape index (κ3) is 2.05. The number of alkyl halides is 1. The van der Waals surface area contributed by atoms with E-state index in [0.717, 1.165) is 25.9 Å². The maximum Gasteiger partial charge on any atom is 0.227 e. The van der Waals surface area contributed by atoms with Crippen LogP contribution in [0, 0.1) is 5.92 Å². The van der Waals surface area contributed by atoms with Crippen molar-refractivity contribution in [3.05, 3.63) is 0 Å². The van der Waals surface area contributed by atoms with Crippen LogP contribution in [-0.2, 0) is 4.79 Å². The molecule has 3 nitrogen and oxygen atoms in total. The minimum absolute atomic E-state index is 0.0917. The van der Waals surface area contributed by atoms with Crippen molar-refractivity contribution in [2.45, 2.75) is 25.4 Å². The van der Waals surface area contributed by atoms with Gasteiger partial charge in [0.25, 0.3) is 0 Å². The summed E-state index contributed by atoms with van der Waals surface area (Å²) >= 11 is 0. The fraction of sp³-hybridized carbons (Fsp3) is 0.900. The fourth-order valence-corrected chi connectivity index (χ4v) is 2.24. The Morgan fingerprint density at radius 1 is 1.43 bits per heavy atom. The molecule has 0 aliphatic carbocycles. The quantitative estimate of drug-likeness (QED) is 0.670. The zero-order chi connectivity index (χ0) is 9.97. The molecule has 2 rings (SSSR count). The second-order valence-corrected chi connectivity index (χ2v) is 4.21. The number of nitrogens with one attached hydrogen (secondary N) is 1. The van der Waals surface area contributed by atoms with Gasteiger partial charge in [0.2, 0.25) is 5.91 Å². The number of hydrogen-bond acceptors (Lipinski definition) is 2. The van der Waals surface area contributed by atoms with Gasteiger partial charge in [-0.15, -0.1) is 0 Å². The fourth-order valence-electron chi connectivity index (χ4n) is 2.24. The maximum absolute atomic E-state index is 12.9. The van der Waals surface area contributed by atoms with E-state index in [9.17, 15) is 9.18 Å². The molecule has 0 aromatic rings. The molecule has 0 bridgehead atoms. The molecular formula is C10H17FN2O. The average molecular weight is 200 g/mol. The molecule has 2 atom stereocenters. The van der Waals surface area contributed by atoms with Gasteiger partial charge in [0.1, 0.15) is 6.17 Å². The van der Waals surface area contributed by atoms with E-state index >= 15 is 0 Å². The Morgan fingerprint density at radius 2 is 2.29 bits per heavy atom. The van der Waals surface area contributed by atoms with E-state index < -0.39 is 6.17 Å². The second-order valence-electron chi connectivity index (χ2n) is 4.21. The molecule has 1 unspecified atom stereocenters. The van der Waals surface area contributed by atoms with E-state index in [1.54, 1.807) is 4.90 Å². The standard InChI is InChI=1S/C10H17FN2O/c11-9-3-5-13(7-9)10(14)8-2-1-4-12-6-8/h8-9,12H,1-7H2/t8-,9?/m0/s1. The zero-order valence-electron chi connectivity index (χ0n) is 8.34.